The topological polar surface area (TPSA) is 42.2 Å². The van der Waals surface area contributed by atoms with Crippen LogP contribution in [0.25, 0.3) is 11.0 Å². The largest absolute Gasteiger partial charge is 0.464 e. The van der Waals surface area contributed by atoms with Crippen LogP contribution in [0.2, 0.25) is 0 Å². The number of rotatable bonds is 3. The maximum Gasteiger partial charge on any atom is 0.416 e. The van der Waals surface area contributed by atoms with Gasteiger partial charge in [-0.3, -0.25) is 4.79 Å². The number of hydrogen-bond acceptors (Lipinski definition) is 2. The van der Waals surface area contributed by atoms with Crippen molar-refractivity contribution in [1.82, 2.24) is 0 Å². The number of furan rings is 1. The molecule has 6 heteroatoms. The van der Waals surface area contributed by atoms with Crippen LogP contribution in [0.5, 0.6) is 0 Å². The second kappa shape index (κ2) is 6.27. The van der Waals surface area contributed by atoms with E-state index in [9.17, 15) is 18.0 Å². The van der Waals surface area contributed by atoms with Crippen molar-refractivity contribution in [2.75, 3.05) is 5.32 Å². The quantitative estimate of drug-likeness (QED) is 0.703. The molecule has 0 radical (unpaired) electrons. The summed E-state index contributed by atoms with van der Waals surface area (Å²) in [5, 5.41) is 3.50. The molecule has 0 fully saturated rings. The van der Waals surface area contributed by atoms with Gasteiger partial charge in [0.25, 0.3) is 0 Å². The van der Waals surface area contributed by atoms with Crippen LogP contribution in [0.1, 0.15) is 22.3 Å². The Morgan fingerprint density at radius 1 is 1.12 bits per heavy atom. The highest BCUT2D eigenvalue weighted by Crippen LogP contribution is 2.30. The number of halogens is 3. The standard InChI is InChI=1S/C19H16F3NO2/c1-11-7-12(2)18-13(10-25-16(18)8-11)9-17(24)23-15-5-3-14(4-6-15)19(20,21)22/h3-8,10H,9H2,1-2H3,(H,23,24). The Labute approximate surface area is 142 Å². The summed E-state index contributed by atoms with van der Waals surface area (Å²) in [5.41, 5.74) is 3.11. The number of carbonyl (C=O) groups excluding carboxylic acids is 1. The van der Waals surface area contributed by atoms with Crippen molar-refractivity contribution in [2.24, 2.45) is 0 Å². The molecule has 1 heterocycles. The van der Waals surface area contributed by atoms with Crippen molar-refractivity contribution in [3.05, 3.63) is 64.9 Å². The molecule has 0 unspecified atom stereocenters. The Morgan fingerprint density at radius 2 is 1.80 bits per heavy atom. The van der Waals surface area contributed by atoms with Gasteiger partial charge >= 0.3 is 6.18 Å². The van der Waals surface area contributed by atoms with Crippen molar-refractivity contribution in [3.63, 3.8) is 0 Å². The summed E-state index contributed by atoms with van der Waals surface area (Å²) >= 11 is 0. The van der Waals surface area contributed by atoms with Crippen molar-refractivity contribution in [1.29, 1.82) is 0 Å². The Balaban J connectivity index is 1.75. The van der Waals surface area contributed by atoms with E-state index >= 15 is 0 Å². The van der Waals surface area contributed by atoms with Crippen molar-refractivity contribution in [3.8, 4) is 0 Å². The van der Waals surface area contributed by atoms with Gasteiger partial charge in [-0.1, -0.05) is 6.07 Å². The van der Waals surface area contributed by atoms with Crippen molar-refractivity contribution in [2.45, 2.75) is 26.4 Å². The molecule has 0 atom stereocenters. The maximum absolute atomic E-state index is 12.6. The van der Waals surface area contributed by atoms with E-state index < -0.39 is 11.7 Å². The first-order valence-electron chi connectivity index (χ1n) is 7.68. The van der Waals surface area contributed by atoms with Crippen LogP contribution < -0.4 is 5.32 Å². The summed E-state index contributed by atoms with van der Waals surface area (Å²) < 4.78 is 43.2. The predicted octanol–water partition coefficient (Wildman–Crippen LogP) is 5.25. The molecular weight excluding hydrogens is 331 g/mol. The van der Waals surface area contributed by atoms with Gasteiger partial charge in [-0.15, -0.1) is 0 Å². The number of benzene rings is 2. The first-order valence-corrected chi connectivity index (χ1v) is 7.68. The summed E-state index contributed by atoms with van der Waals surface area (Å²) in [6.07, 6.45) is -2.77. The Hall–Kier alpha value is -2.76. The van der Waals surface area contributed by atoms with Crippen molar-refractivity contribution < 1.29 is 22.4 Å². The second-order valence-corrected chi connectivity index (χ2v) is 6.02. The molecule has 3 rings (SSSR count). The van der Waals surface area contributed by atoms with Crippen LogP contribution in [-0.4, -0.2) is 5.91 Å². The molecule has 3 nitrogen and oxygen atoms in total. The molecule has 0 bridgehead atoms. The van der Waals surface area contributed by atoms with Gasteiger partial charge in [0.2, 0.25) is 5.91 Å². The van der Waals surface area contributed by atoms with Gasteiger partial charge in [-0.2, -0.15) is 13.2 Å². The number of hydrogen-bond donors (Lipinski definition) is 1. The first kappa shape index (κ1) is 17.1. The number of aryl methyl sites for hydroxylation is 2. The smallest absolute Gasteiger partial charge is 0.416 e. The predicted molar refractivity (Wildman–Crippen MR) is 89.5 cm³/mol. The zero-order chi connectivity index (χ0) is 18.2. The summed E-state index contributed by atoms with van der Waals surface area (Å²) in [4.78, 5) is 12.2. The molecule has 0 spiro atoms. The summed E-state index contributed by atoms with van der Waals surface area (Å²) in [7, 11) is 0. The van der Waals surface area contributed by atoms with Gasteiger partial charge in [-0.05, 0) is 55.3 Å². The van der Waals surface area contributed by atoms with E-state index in [0.717, 1.165) is 39.8 Å². The lowest BCUT2D eigenvalue weighted by Crippen LogP contribution is -2.14. The maximum atomic E-state index is 12.6. The average molecular weight is 347 g/mol. The molecule has 0 aliphatic rings. The fourth-order valence-electron chi connectivity index (χ4n) is 2.88. The number of anilines is 1. The number of carbonyl (C=O) groups is 1. The van der Waals surface area contributed by atoms with Crippen LogP contribution >= 0.6 is 0 Å². The lowest BCUT2D eigenvalue weighted by Gasteiger charge is -2.09. The molecule has 0 saturated heterocycles. The normalized spacial score (nSPS) is 11.7. The minimum absolute atomic E-state index is 0.0813. The van der Waals surface area contributed by atoms with E-state index in [1.807, 2.05) is 26.0 Å². The van der Waals surface area contributed by atoms with Crippen LogP contribution in [-0.2, 0) is 17.4 Å². The van der Waals surface area contributed by atoms with E-state index in [4.69, 9.17) is 4.42 Å². The van der Waals surface area contributed by atoms with Crippen LogP contribution in [0.15, 0.2) is 47.1 Å². The Bertz CT molecular complexity index is 924. The molecule has 130 valence electrons. The van der Waals surface area contributed by atoms with E-state index in [0.29, 0.717) is 5.69 Å². The third-order valence-corrected chi connectivity index (χ3v) is 3.94. The molecule has 0 aliphatic carbocycles. The summed E-state index contributed by atoms with van der Waals surface area (Å²) in [6.45, 7) is 3.91. The van der Waals surface area contributed by atoms with Gasteiger partial charge in [0, 0.05) is 16.6 Å². The first-order chi connectivity index (χ1) is 11.7. The van der Waals surface area contributed by atoms with Gasteiger partial charge in [0.1, 0.15) is 5.58 Å². The van der Waals surface area contributed by atoms with E-state index in [1.165, 1.54) is 12.1 Å². The molecule has 0 aliphatic heterocycles. The molecule has 1 N–H and O–H groups in total. The zero-order valence-electron chi connectivity index (χ0n) is 13.7. The van der Waals surface area contributed by atoms with Crippen LogP contribution in [0, 0.1) is 13.8 Å². The van der Waals surface area contributed by atoms with E-state index in [2.05, 4.69) is 5.32 Å². The van der Waals surface area contributed by atoms with Gasteiger partial charge in [0.05, 0.1) is 18.2 Å². The molecule has 2 aromatic carbocycles. The Morgan fingerprint density at radius 3 is 2.44 bits per heavy atom. The minimum Gasteiger partial charge on any atom is -0.464 e. The third-order valence-electron chi connectivity index (χ3n) is 3.94. The SMILES string of the molecule is Cc1cc(C)c2c(CC(=O)Nc3ccc(C(F)(F)F)cc3)coc2c1. The Kier molecular flexibility index (Phi) is 4.29. The number of nitrogens with one attached hydrogen (secondary N) is 1. The van der Waals surface area contributed by atoms with Crippen molar-refractivity contribution >= 4 is 22.6 Å². The lowest BCUT2D eigenvalue weighted by atomic mass is 10.0. The molecule has 1 amide bonds. The minimum atomic E-state index is -4.39. The fraction of sp³-hybridized carbons (Fsp3) is 0.211. The third kappa shape index (κ3) is 3.68. The fourth-order valence-corrected chi connectivity index (χ4v) is 2.88. The zero-order valence-corrected chi connectivity index (χ0v) is 13.7. The van der Waals surface area contributed by atoms with E-state index in [-0.39, 0.29) is 12.3 Å². The highest BCUT2D eigenvalue weighted by molar-refractivity contribution is 5.96. The number of alkyl halides is 3. The molecule has 1 aromatic heterocycles. The average Bonchev–Trinajstić information content (AvgIpc) is 2.89. The molecular formula is C19H16F3NO2. The molecule has 0 saturated carbocycles. The second-order valence-electron chi connectivity index (χ2n) is 6.02. The van der Waals surface area contributed by atoms with E-state index in [1.54, 1.807) is 6.26 Å². The van der Waals surface area contributed by atoms with Gasteiger partial charge in [0.15, 0.2) is 0 Å². The van der Waals surface area contributed by atoms with Gasteiger partial charge < -0.3 is 9.73 Å². The monoisotopic (exact) mass is 347 g/mol. The van der Waals surface area contributed by atoms with Crippen LogP contribution in [0.3, 0.4) is 0 Å². The molecule has 25 heavy (non-hydrogen) atoms. The number of fused-ring (bicyclic) bond motifs is 1. The highest BCUT2D eigenvalue weighted by atomic mass is 19.4. The number of amides is 1. The summed E-state index contributed by atoms with van der Waals surface area (Å²) in [6, 6.07) is 8.27. The van der Waals surface area contributed by atoms with Crippen LogP contribution in [0.4, 0.5) is 18.9 Å². The highest BCUT2D eigenvalue weighted by Gasteiger charge is 2.30. The van der Waals surface area contributed by atoms with Gasteiger partial charge in [-0.25, -0.2) is 0 Å². The summed E-state index contributed by atoms with van der Waals surface area (Å²) in [5.74, 6) is -0.317. The lowest BCUT2D eigenvalue weighted by molar-refractivity contribution is -0.137. The molecule has 3 aromatic rings.